The number of rotatable bonds is 5. The van der Waals surface area contributed by atoms with Crippen molar-refractivity contribution in [2.45, 2.75) is 57.0 Å². The first-order chi connectivity index (χ1) is 17.5. The number of likely N-dealkylation sites (tertiary alicyclic amines) is 1. The van der Waals surface area contributed by atoms with Crippen molar-refractivity contribution in [3.63, 3.8) is 0 Å². The number of fused-ring (bicyclic) bond motifs is 3. The molecule has 0 aromatic carbocycles. The second-order valence-electron chi connectivity index (χ2n) is 10.3. The molecular weight excluding hydrogens is 472 g/mol. The van der Waals surface area contributed by atoms with Crippen LogP contribution in [0.5, 0.6) is 0 Å². The van der Waals surface area contributed by atoms with Gasteiger partial charge in [-0.3, -0.25) is 10.00 Å². The van der Waals surface area contributed by atoms with Crippen LogP contribution in [0.1, 0.15) is 49.4 Å². The van der Waals surface area contributed by atoms with Crippen LogP contribution in [0.4, 0.5) is 15.7 Å². The molecule has 0 spiro atoms. The Balaban J connectivity index is 1.42. The minimum Gasteiger partial charge on any atom is -0.373 e. The molecule has 1 saturated carbocycles. The van der Waals surface area contributed by atoms with Gasteiger partial charge in [0.2, 0.25) is 0 Å². The summed E-state index contributed by atoms with van der Waals surface area (Å²) >= 11 is 1.58. The lowest BCUT2D eigenvalue weighted by atomic mass is 10.0. The van der Waals surface area contributed by atoms with E-state index in [4.69, 9.17) is 10.1 Å². The smallest absolute Gasteiger partial charge is 0.323 e. The maximum Gasteiger partial charge on any atom is 0.323 e. The van der Waals surface area contributed by atoms with Crippen LogP contribution in [0.25, 0.3) is 21.8 Å². The predicted octanol–water partition coefficient (Wildman–Crippen LogP) is 4.49. The van der Waals surface area contributed by atoms with E-state index in [-0.39, 0.29) is 6.03 Å². The van der Waals surface area contributed by atoms with Crippen LogP contribution in [-0.2, 0) is 12.8 Å². The summed E-state index contributed by atoms with van der Waals surface area (Å²) in [5.74, 6) is 0.850. The van der Waals surface area contributed by atoms with Gasteiger partial charge in [-0.05, 0) is 57.1 Å². The Morgan fingerprint density at radius 1 is 1.11 bits per heavy atom. The fourth-order valence-electron chi connectivity index (χ4n) is 5.46. The lowest BCUT2D eigenvalue weighted by Crippen LogP contribution is -2.36. The van der Waals surface area contributed by atoms with E-state index in [9.17, 15) is 4.79 Å². The number of hydrogen-bond acceptors (Lipinski definition) is 7. The number of carbonyl (C=O) groups excluding carboxylic acids is 1. The zero-order chi connectivity index (χ0) is 24.8. The zero-order valence-corrected chi connectivity index (χ0v) is 22.1. The molecule has 36 heavy (non-hydrogen) atoms. The first kappa shape index (κ1) is 23.4. The van der Waals surface area contributed by atoms with Crippen molar-refractivity contribution < 1.29 is 4.79 Å². The number of nitrogens with one attached hydrogen (secondary N) is 2. The van der Waals surface area contributed by atoms with Crippen LogP contribution in [0.3, 0.4) is 0 Å². The molecule has 0 bridgehead atoms. The number of piperidine rings is 1. The highest BCUT2D eigenvalue weighted by atomic mass is 32.1. The Labute approximate surface area is 215 Å². The molecule has 3 aliphatic rings. The first-order valence-electron chi connectivity index (χ1n) is 13.0. The maximum atomic E-state index is 12.3. The third-order valence-electron chi connectivity index (χ3n) is 7.58. The average Bonchev–Trinajstić information content (AvgIpc) is 3.61. The van der Waals surface area contributed by atoms with Gasteiger partial charge in [0.25, 0.3) is 0 Å². The molecule has 0 atom stereocenters. The molecule has 0 unspecified atom stereocenters. The number of amides is 2. The standard InChI is InChI=1S/C26H34N8OS/c1-27-21-10-7-16(15-28-21)22-19-5-4-6-20-24(36-25(29-20)30-26(35)32(2)3)23(19)34(31-22)18-11-13-33(14-12-18)17-8-9-17/h7,10,15,17-18H,4-6,8-9,11-14H2,1-3H3,(H,27,28)(H,29,30,35). The van der Waals surface area contributed by atoms with E-state index in [1.54, 1.807) is 25.4 Å². The van der Waals surface area contributed by atoms with E-state index in [0.29, 0.717) is 11.2 Å². The maximum absolute atomic E-state index is 12.3. The Morgan fingerprint density at radius 2 is 1.92 bits per heavy atom. The molecule has 190 valence electrons. The summed E-state index contributed by atoms with van der Waals surface area (Å²) in [5.41, 5.74) is 5.63. The van der Waals surface area contributed by atoms with Crippen molar-refractivity contribution in [1.82, 2.24) is 29.5 Å². The van der Waals surface area contributed by atoms with Gasteiger partial charge in [0.15, 0.2) is 5.13 Å². The normalized spacial score (nSPS) is 18.3. The predicted molar refractivity (Wildman–Crippen MR) is 144 cm³/mol. The van der Waals surface area contributed by atoms with Crippen molar-refractivity contribution >= 4 is 28.3 Å². The number of aromatic nitrogens is 4. The summed E-state index contributed by atoms with van der Waals surface area (Å²) in [4.78, 5) is 27.1. The van der Waals surface area contributed by atoms with E-state index in [1.165, 1.54) is 29.0 Å². The highest BCUT2D eigenvalue weighted by Gasteiger charge is 2.35. The van der Waals surface area contributed by atoms with Gasteiger partial charge in [0, 0.05) is 57.6 Å². The second-order valence-corrected chi connectivity index (χ2v) is 11.3. The van der Waals surface area contributed by atoms with Crippen molar-refractivity contribution in [3.05, 3.63) is 29.6 Å². The summed E-state index contributed by atoms with van der Waals surface area (Å²) in [6.45, 7) is 2.27. The molecule has 6 rings (SSSR count). The molecule has 4 heterocycles. The minimum atomic E-state index is -0.156. The van der Waals surface area contributed by atoms with Crippen LogP contribution in [0.2, 0.25) is 0 Å². The molecule has 1 aliphatic heterocycles. The van der Waals surface area contributed by atoms with E-state index in [0.717, 1.165) is 78.9 Å². The van der Waals surface area contributed by atoms with Crippen molar-refractivity contribution in [3.8, 4) is 21.8 Å². The summed E-state index contributed by atoms with van der Waals surface area (Å²) in [5, 5.41) is 12.0. The number of thiazole rings is 1. The molecule has 2 fully saturated rings. The number of anilines is 2. The number of pyridine rings is 1. The van der Waals surface area contributed by atoms with Crippen LogP contribution in [-0.4, -0.2) is 75.9 Å². The van der Waals surface area contributed by atoms with Crippen molar-refractivity contribution in [1.29, 1.82) is 0 Å². The lowest BCUT2D eigenvalue weighted by molar-refractivity contribution is 0.173. The molecular formula is C26H34N8OS. The number of carbonyl (C=O) groups is 1. The zero-order valence-electron chi connectivity index (χ0n) is 21.3. The quantitative estimate of drug-likeness (QED) is 0.530. The third kappa shape index (κ3) is 4.37. The number of hydrogen-bond donors (Lipinski definition) is 2. The van der Waals surface area contributed by atoms with Crippen LogP contribution < -0.4 is 10.6 Å². The molecule has 9 nitrogen and oxygen atoms in total. The van der Waals surface area contributed by atoms with Crippen LogP contribution in [0, 0.1) is 0 Å². The van der Waals surface area contributed by atoms with Gasteiger partial charge in [-0.15, -0.1) is 0 Å². The minimum absolute atomic E-state index is 0.156. The third-order valence-corrected chi connectivity index (χ3v) is 8.60. The van der Waals surface area contributed by atoms with Gasteiger partial charge in [-0.2, -0.15) is 5.10 Å². The lowest BCUT2D eigenvalue weighted by Gasteiger charge is -2.32. The highest BCUT2D eigenvalue weighted by Crippen LogP contribution is 2.44. The molecule has 3 aromatic rings. The van der Waals surface area contributed by atoms with Crippen LogP contribution >= 0.6 is 11.3 Å². The Kier molecular flexibility index (Phi) is 6.17. The molecule has 1 saturated heterocycles. The Morgan fingerprint density at radius 3 is 2.58 bits per heavy atom. The van der Waals surface area contributed by atoms with Gasteiger partial charge >= 0.3 is 6.03 Å². The monoisotopic (exact) mass is 506 g/mol. The van der Waals surface area contributed by atoms with E-state index >= 15 is 0 Å². The Hall–Kier alpha value is -2.98. The molecule has 3 aromatic heterocycles. The second kappa shape index (κ2) is 9.48. The number of nitrogens with zero attached hydrogens (tertiary/aromatic N) is 6. The summed E-state index contributed by atoms with van der Waals surface area (Å²) in [6, 6.07) is 5.14. The molecule has 2 aliphatic carbocycles. The summed E-state index contributed by atoms with van der Waals surface area (Å²) in [7, 11) is 5.37. The van der Waals surface area contributed by atoms with E-state index in [1.807, 2.05) is 19.3 Å². The van der Waals surface area contributed by atoms with Gasteiger partial charge in [0.1, 0.15) is 5.82 Å². The summed E-state index contributed by atoms with van der Waals surface area (Å²) in [6.07, 6.45) is 9.72. The topological polar surface area (TPSA) is 91.2 Å². The van der Waals surface area contributed by atoms with Gasteiger partial charge in [-0.1, -0.05) is 11.3 Å². The number of aryl methyl sites for hydroxylation is 1. The average molecular weight is 507 g/mol. The number of urea groups is 1. The largest absolute Gasteiger partial charge is 0.373 e. The van der Waals surface area contributed by atoms with Gasteiger partial charge < -0.3 is 15.1 Å². The van der Waals surface area contributed by atoms with E-state index < -0.39 is 0 Å². The van der Waals surface area contributed by atoms with Crippen LogP contribution in [0.15, 0.2) is 18.3 Å². The summed E-state index contributed by atoms with van der Waals surface area (Å²) < 4.78 is 2.31. The SMILES string of the molecule is CNc1ccc(-c2nn(C3CCN(C4CC4)CC3)c3c2CCCc2nc(NC(=O)N(C)C)sc2-3)cn1. The highest BCUT2D eigenvalue weighted by molar-refractivity contribution is 7.19. The fourth-order valence-corrected chi connectivity index (χ4v) is 6.52. The fraction of sp³-hybridized carbons (Fsp3) is 0.538. The van der Waals surface area contributed by atoms with Crippen molar-refractivity contribution in [2.75, 3.05) is 44.9 Å². The molecule has 2 amide bonds. The van der Waals surface area contributed by atoms with Crippen molar-refractivity contribution in [2.24, 2.45) is 0 Å². The van der Waals surface area contributed by atoms with Gasteiger partial charge in [-0.25, -0.2) is 14.8 Å². The Bertz CT molecular complexity index is 1250. The van der Waals surface area contributed by atoms with Gasteiger partial charge in [0.05, 0.1) is 28.0 Å². The van der Waals surface area contributed by atoms with E-state index in [2.05, 4.69) is 31.3 Å². The first-order valence-corrected chi connectivity index (χ1v) is 13.8. The molecule has 0 radical (unpaired) electrons. The molecule has 10 heteroatoms. The molecule has 2 N–H and O–H groups in total.